The predicted octanol–water partition coefficient (Wildman–Crippen LogP) is 2.50. The molecule has 16 heavy (non-hydrogen) atoms. The Kier molecular flexibility index (Phi) is 4.02. The SMILES string of the molecule is CC1CCCCCN1Cc1ccoc1CN. The van der Waals surface area contributed by atoms with Crippen molar-refractivity contribution in [3.8, 4) is 0 Å². The number of rotatable bonds is 3. The zero-order chi connectivity index (χ0) is 11.4. The third-order valence-corrected chi connectivity index (χ3v) is 3.59. The molecule has 90 valence electrons. The lowest BCUT2D eigenvalue weighted by Crippen LogP contribution is -2.32. The fourth-order valence-electron chi connectivity index (χ4n) is 2.48. The normalized spacial score (nSPS) is 23.2. The first kappa shape index (κ1) is 11.7. The second-order valence-electron chi connectivity index (χ2n) is 4.74. The summed E-state index contributed by atoms with van der Waals surface area (Å²) in [4.78, 5) is 2.55. The van der Waals surface area contributed by atoms with Crippen LogP contribution in [-0.4, -0.2) is 17.5 Å². The van der Waals surface area contributed by atoms with E-state index in [9.17, 15) is 0 Å². The van der Waals surface area contributed by atoms with Crippen molar-refractivity contribution in [1.82, 2.24) is 4.90 Å². The van der Waals surface area contributed by atoms with Crippen LogP contribution in [0, 0.1) is 0 Å². The zero-order valence-corrected chi connectivity index (χ0v) is 10.1. The molecule has 0 aromatic carbocycles. The van der Waals surface area contributed by atoms with Gasteiger partial charge < -0.3 is 10.2 Å². The van der Waals surface area contributed by atoms with Gasteiger partial charge in [0.1, 0.15) is 5.76 Å². The van der Waals surface area contributed by atoms with Crippen molar-refractivity contribution >= 4 is 0 Å². The first-order valence-corrected chi connectivity index (χ1v) is 6.30. The lowest BCUT2D eigenvalue weighted by atomic mass is 10.1. The van der Waals surface area contributed by atoms with Gasteiger partial charge >= 0.3 is 0 Å². The largest absolute Gasteiger partial charge is 0.468 e. The zero-order valence-electron chi connectivity index (χ0n) is 10.1. The van der Waals surface area contributed by atoms with E-state index < -0.39 is 0 Å². The Balaban J connectivity index is 2.01. The van der Waals surface area contributed by atoms with E-state index in [0.717, 1.165) is 12.3 Å². The summed E-state index contributed by atoms with van der Waals surface area (Å²) < 4.78 is 5.37. The van der Waals surface area contributed by atoms with Gasteiger partial charge in [0, 0.05) is 18.2 Å². The number of nitrogens with zero attached hydrogens (tertiary/aromatic N) is 1. The van der Waals surface area contributed by atoms with Crippen molar-refractivity contribution in [2.24, 2.45) is 5.73 Å². The minimum atomic E-state index is 0.505. The summed E-state index contributed by atoms with van der Waals surface area (Å²) in [6.07, 6.45) is 7.12. The van der Waals surface area contributed by atoms with Crippen molar-refractivity contribution in [3.05, 3.63) is 23.7 Å². The molecule has 1 unspecified atom stereocenters. The first-order chi connectivity index (χ1) is 7.81. The first-order valence-electron chi connectivity index (χ1n) is 6.30. The Morgan fingerprint density at radius 2 is 2.31 bits per heavy atom. The Morgan fingerprint density at radius 1 is 1.44 bits per heavy atom. The summed E-state index contributed by atoms with van der Waals surface area (Å²) in [5.74, 6) is 0.941. The lowest BCUT2D eigenvalue weighted by molar-refractivity contribution is 0.203. The molecule has 1 aromatic rings. The molecule has 2 N–H and O–H groups in total. The number of hydrogen-bond donors (Lipinski definition) is 1. The van der Waals surface area contributed by atoms with Gasteiger partial charge in [-0.25, -0.2) is 0 Å². The maximum absolute atomic E-state index is 5.65. The van der Waals surface area contributed by atoms with Crippen LogP contribution in [0.3, 0.4) is 0 Å². The molecule has 0 bridgehead atoms. The second-order valence-corrected chi connectivity index (χ2v) is 4.74. The van der Waals surface area contributed by atoms with Gasteiger partial charge in [0.05, 0.1) is 12.8 Å². The van der Waals surface area contributed by atoms with Crippen LogP contribution < -0.4 is 5.73 Å². The van der Waals surface area contributed by atoms with E-state index in [1.165, 1.54) is 37.8 Å². The maximum atomic E-state index is 5.65. The summed E-state index contributed by atoms with van der Waals surface area (Å²) in [6, 6.07) is 2.74. The topological polar surface area (TPSA) is 42.4 Å². The predicted molar refractivity (Wildman–Crippen MR) is 64.9 cm³/mol. The molecule has 1 aliphatic rings. The standard InChI is InChI=1S/C13H22N2O/c1-11-5-3-2-4-7-15(11)10-12-6-8-16-13(12)9-14/h6,8,11H,2-5,7,9-10,14H2,1H3. The van der Waals surface area contributed by atoms with E-state index in [0.29, 0.717) is 12.6 Å². The van der Waals surface area contributed by atoms with E-state index >= 15 is 0 Å². The number of hydrogen-bond acceptors (Lipinski definition) is 3. The van der Waals surface area contributed by atoms with Gasteiger partial charge in [0.25, 0.3) is 0 Å². The molecule has 2 rings (SSSR count). The Hall–Kier alpha value is -0.800. The highest BCUT2D eigenvalue weighted by molar-refractivity contribution is 5.16. The third kappa shape index (κ3) is 2.66. The van der Waals surface area contributed by atoms with Crippen LogP contribution in [-0.2, 0) is 13.1 Å². The fraction of sp³-hybridized carbons (Fsp3) is 0.692. The van der Waals surface area contributed by atoms with Crippen LogP contribution in [0.25, 0.3) is 0 Å². The third-order valence-electron chi connectivity index (χ3n) is 3.59. The smallest absolute Gasteiger partial charge is 0.121 e. The van der Waals surface area contributed by atoms with Crippen molar-refractivity contribution in [2.75, 3.05) is 6.54 Å². The van der Waals surface area contributed by atoms with Crippen molar-refractivity contribution < 1.29 is 4.42 Å². The average molecular weight is 222 g/mol. The summed E-state index contributed by atoms with van der Waals surface area (Å²) in [7, 11) is 0. The minimum Gasteiger partial charge on any atom is -0.468 e. The Bertz CT molecular complexity index is 321. The van der Waals surface area contributed by atoms with E-state index in [1.807, 2.05) is 0 Å². The van der Waals surface area contributed by atoms with E-state index in [2.05, 4.69) is 17.9 Å². The molecule has 1 aromatic heterocycles. The molecule has 2 heterocycles. The highest BCUT2D eigenvalue weighted by Crippen LogP contribution is 2.20. The Labute approximate surface area is 97.6 Å². The molecular formula is C13H22N2O. The fourth-order valence-corrected chi connectivity index (χ4v) is 2.48. The van der Waals surface area contributed by atoms with Gasteiger partial charge in [0.15, 0.2) is 0 Å². The monoisotopic (exact) mass is 222 g/mol. The summed E-state index contributed by atoms with van der Waals surface area (Å²) >= 11 is 0. The molecule has 0 amide bonds. The van der Waals surface area contributed by atoms with Gasteiger partial charge in [-0.15, -0.1) is 0 Å². The van der Waals surface area contributed by atoms with Crippen LogP contribution in [0.2, 0.25) is 0 Å². The molecule has 3 nitrogen and oxygen atoms in total. The van der Waals surface area contributed by atoms with E-state index in [4.69, 9.17) is 10.2 Å². The molecule has 0 radical (unpaired) electrons. The average Bonchev–Trinajstić information content (AvgIpc) is 2.64. The summed E-state index contributed by atoms with van der Waals surface area (Å²) in [6.45, 7) is 5.03. The van der Waals surface area contributed by atoms with Crippen LogP contribution in [0.1, 0.15) is 43.9 Å². The summed E-state index contributed by atoms with van der Waals surface area (Å²) in [5.41, 5.74) is 6.91. The molecule has 3 heteroatoms. The highest BCUT2D eigenvalue weighted by atomic mass is 16.3. The number of likely N-dealkylation sites (tertiary alicyclic amines) is 1. The van der Waals surface area contributed by atoms with Crippen molar-refractivity contribution in [2.45, 2.75) is 51.7 Å². The van der Waals surface area contributed by atoms with Crippen LogP contribution in [0.15, 0.2) is 16.7 Å². The van der Waals surface area contributed by atoms with Crippen LogP contribution >= 0.6 is 0 Å². The molecule has 1 aliphatic heterocycles. The molecule has 1 saturated heterocycles. The molecule has 1 fully saturated rings. The van der Waals surface area contributed by atoms with Crippen molar-refractivity contribution in [1.29, 1.82) is 0 Å². The van der Waals surface area contributed by atoms with E-state index in [-0.39, 0.29) is 0 Å². The quantitative estimate of drug-likeness (QED) is 0.854. The van der Waals surface area contributed by atoms with Gasteiger partial charge in [0.2, 0.25) is 0 Å². The van der Waals surface area contributed by atoms with Crippen LogP contribution in [0.5, 0.6) is 0 Å². The molecule has 0 spiro atoms. The van der Waals surface area contributed by atoms with Gasteiger partial charge in [-0.05, 0) is 32.4 Å². The molecular weight excluding hydrogens is 200 g/mol. The van der Waals surface area contributed by atoms with Gasteiger partial charge in [-0.2, -0.15) is 0 Å². The van der Waals surface area contributed by atoms with Gasteiger partial charge in [-0.3, -0.25) is 4.90 Å². The van der Waals surface area contributed by atoms with Crippen molar-refractivity contribution in [3.63, 3.8) is 0 Å². The van der Waals surface area contributed by atoms with Crippen LogP contribution in [0.4, 0.5) is 0 Å². The lowest BCUT2D eigenvalue weighted by Gasteiger charge is -2.26. The summed E-state index contributed by atoms with van der Waals surface area (Å²) in [5, 5.41) is 0. The van der Waals surface area contributed by atoms with E-state index in [1.54, 1.807) is 6.26 Å². The second kappa shape index (κ2) is 5.51. The molecule has 1 atom stereocenters. The molecule has 0 saturated carbocycles. The highest BCUT2D eigenvalue weighted by Gasteiger charge is 2.18. The number of furan rings is 1. The minimum absolute atomic E-state index is 0.505. The van der Waals surface area contributed by atoms with Gasteiger partial charge in [-0.1, -0.05) is 12.8 Å². The molecule has 0 aliphatic carbocycles. The Morgan fingerprint density at radius 3 is 3.12 bits per heavy atom. The maximum Gasteiger partial charge on any atom is 0.121 e. The number of nitrogens with two attached hydrogens (primary N) is 1.